The van der Waals surface area contributed by atoms with Gasteiger partial charge in [0.25, 0.3) is 10.0 Å². The lowest BCUT2D eigenvalue weighted by Gasteiger charge is -2.28. The SMILES string of the molecule is COc1ccc(N2CCCCS2(=O)=O)cc1S(=O)(=O)Nc1ccccc1F. The Labute approximate surface area is 157 Å². The van der Waals surface area contributed by atoms with Gasteiger partial charge in [0.05, 0.1) is 24.2 Å². The molecule has 2 aromatic carbocycles. The summed E-state index contributed by atoms with van der Waals surface area (Å²) in [6.45, 7) is 0.273. The van der Waals surface area contributed by atoms with Crippen molar-refractivity contribution in [3.05, 3.63) is 48.3 Å². The van der Waals surface area contributed by atoms with Crippen molar-refractivity contribution < 1.29 is 26.0 Å². The molecule has 1 fully saturated rings. The van der Waals surface area contributed by atoms with Gasteiger partial charge in [0, 0.05) is 6.54 Å². The number of nitrogens with zero attached hydrogens (tertiary/aromatic N) is 1. The first-order valence-electron chi connectivity index (χ1n) is 8.20. The Morgan fingerprint density at radius 1 is 1.15 bits per heavy atom. The predicted octanol–water partition coefficient (Wildman–Crippen LogP) is 2.57. The minimum atomic E-state index is -4.21. The Balaban J connectivity index is 2.04. The fourth-order valence-electron chi connectivity index (χ4n) is 2.85. The summed E-state index contributed by atoms with van der Waals surface area (Å²) in [6.07, 6.45) is 1.25. The zero-order valence-corrected chi connectivity index (χ0v) is 16.2. The molecule has 0 unspecified atom stereocenters. The van der Waals surface area contributed by atoms with Crippen LogP contribution in [0.5, 0.6) is 5.75 Å². The molecule has 0 radical (unpaired) electrons. The molecule has 0 amide bonds. The molecule has 1 heterocycles. The smallest absolute Gasteiger partial charge is 0.265 e. The number of halogens is 1. The van der Waals surface area contributed by atoms with Crippen LogP contribution in [0, 0.1) is 5.82 Å². The fraction of sp³-hybridized carbons (Fsp3) is 0.294. The molecule has 7 nitrogen and oxygen atoms in total. The van der Waals surface area contributed by atoms with Crippen molar-refractivity contribution in [2.24, 2.45) is 0 Å². The van der Waals surface area contributed by atoms with Crippen molar-refractivity contribution in [3.8, 4) is 5.75 Å². The highest BCUT2D eigenvalue weighted by Gasteiger charge is 2.29. The Bertz CT molecular complexity index is 1050. The van der Waals surface area contributed by atoms with Crippen LogP contribution in [0.15, 0.2) is 47.4 Å². The molecule has 146 valence electrons. The first kappa shape index (κ1) is 19.4. The van der Waals surface area contributed by atoms with Crippen molar-refractivity contribution >= 4 is 31.4 Å². The highest BCUT2D eigenvalue weighted by molar-refractivity contribution is 7.93. The molecule has 0 aromatic heterocycles. The van der Waals surface area contributed by atoms with Crippen LogP contribution in [0.4, 0.5) is 15.8 Å². The predicted molar refractivity (Wildman–Crippen MR) is 101 cm³/mol. The molecule has 3 rings (SSSR count). The number of hydrogen-bond donors (Lipinski definition) is 1. The summed E-state index contributed by atoms with van der Waals surface area (Å²) in [6, 6.07) is 9.46. The normalized spacial score (nSPS) is 16.7. The van der Waals surface area contributed by atoms with E-state index < -0.39 is 25.9 Å². The molecule has 0 saturated carbocycles. The molecular weight excluding hydrogens is 395 g/mol. The summed E-state index contributed by atoms with van der Waals surface area (Å²) in [5, 5.41) is 0. The number of para-hydroxylation sites is 1. The average Bonchev–Trinajstić information content (AvgIpc) is 2.63. The van der Waals surface area contributed by atoms with Crippen molar-refractivity contribution in [1.29, 1.82) is 0 Å². The molecule has 0 aliphatic carbocycles. The average molecular weight is 414 g/mol. The van der Waals surface area contributed by atoms with E-state index in [0.29, 0.717) is 12.8 Å². The molecular formula is C17H19FN2O5S2. The van der Waals surface area contributed by atoms with Crippen LogP contribution in [0.1, 0.15) is 12.8 Å². The van der Waals surface area contributed by atoms with Crippen LogP contribution in [0.3, 0.4) is 0 Å². The Morgan fingerprint density at radius 2 is 1.89 bits per heavy atom. The highest BCUT2D eigenvalue weighted by atomic mass is 32.2. The fourth-order valence-corrected chi connectivity index (χ4v) is 5.74. The number of anilines is 2. The third-order valence-electron chi connectivity index (χ3n) is 4.19. The van der Waals surface area contributed by atoms with Gasteiger partial charge >= 0.3 is 0 Å². The molecule has 0 atom stereocenters. The van der Waals surface area contributed by atoms with Gasteiger partial charge in [-0.1, -0.05) is 12.1 Å². The maximum Gasteiger partial charge on any atom is 0.265 e. The van der Waals surface area contributed by atoms with Crippen LogP contribution < -0.4 is 13.8 Å². The first-order chi connectivity index (χ1) is 12.7. The van der Waals surface area contributed by atoms with Crippen molar-refractivity contribution in [1.82, 2.24) is 0 Å². The van der Waals surface area contributed by atoms with Gasteiger partial charge in [-0.3, -0.25) is 9.03 Å². The number of sulfonamides is 2. The number of benzene rings is 2. The maximum absolute atomic E-state index is 13.8. The first-order valence-corrected chi connectivity index (χ1v) is 11.3. The number of rotatable bonds is 5. The minimum Gasteiger partial charge on any atom is -0.495 e. The van der Waals surface area contributed by atoms with Gasteiger partial charge in [-0.05, 0) is 43.2 Å². The summed E-state index contributed by atoms with van der Waals surface area (Å²) < 4.78 is 72.6. The summed E-state index contributed by atoms with van der Waals surface area (Å²) in [5.41, 5.74) is 0.0139. The summed E-state index contributed by atoms with van der Waals surface area (Å²) in [7, 11) is -6.42. The third-order valence-corrected chi connectivity index (χ3v) is 7.45. The third kappa shape index (κ3) is 4.01. The Morgan fingerprint density at radius 3 is 2.56 bits per heavy atom. The number of nitrogens with one attached hydrogen (secondary N) is 1. The molecule has 1 saturated heterocycles. The van der Waals surface area contributed by atoms with Crippen molar-refractivity contribution in [3.63, 3.8) is 0 Å². The second-order valence-corrected chi connectivity index (χ2v) is 9.68. The zero-order valence-electron chi connectivity index (χ0n) is 14.6. The summed E-state index contributed by atoms with van der Waals surface area (Å²) >= 11 is 0. The molecule has 0 spiro atoms. The minimum absolute atomic E-state index is 0.00852. The van der Waals surface area contributed by atoms with Gasteiger partial charge in [-0.15, -0.1) is 0 Å². The monoisotopic (exact) mass is 414 g/mol. The van der Waals surface area contributed by atoms with E-state index in [1.165, 1.54) is 47.8 Å². The topological polar surface area (TPSA) is 92.8 Å². The molecule has 0 bridgehead atoms. The van der Waals surface area contributed by atoms with E-state index >= 15 is 0 Å². The molecule has 2 aromatic rings. The van der Waals surface area contributed by atoms with Crippen molar-refractivity contribution in [2.75, 3.05) is 28.4 Å². The van der Waals surface area contributed by atoms with Crippen LogP contribution >= 0.6 is 0 Å². The van der Waals surface area contributed by atoms with E-state index in [2.05, 4.69) is 4.72 Å². The lowest BCUT2D eigenvalue weighted by molar-refractivity contribution is 0.403. The second-order valence-electron chi connectivity index (χ2n) is 6.02. The van der Waals surface area contributed by atoms with Gasteiger partial charge in [-0.25, -0.2) is 21.2 Å². The highest BCUT2D eigenvalue weighted by Crippen LogP contribution is 2.33. The number of hydrogen-bond acceptors (Lipinski definition) is 5. The van der Waals surface area contributed by atoms with Gasteiger partial charge in [0.1, 0.15) is 16.5 Å². The van der Waals surface area contributed by atoms with E-state index in [1.807, 2.05) is 0 Å². The summed E-state index contributed by atoms with van der Waals surface area (Å²) in [4.78, 5) is -0.272. The number of ether oxygens (including phenoxy) is 1. The van der Waals surface area contributed by atoms with Gasteiger partial charge in [0.15, 0.2) is 0 Å². The second kappa shape index (κ2) is 7.35. The Kier molecular flexibility index (Phi) is 5.29. The lowest BCUT2D eigenvalue weighted by atomic mass is 10.2. The molecule has 1 N–H and O–H groups in total. The van der Waals surface area contributed by atoms with Crippen molar-refractivity contribution in [2.45, 2.75) is 17.7 Å². The van der Waals surface area contributed by atoms with Crippen LogP contribution in [-0.2, 0) is 20.0 Å². The summed E-state index contributed by atoms with van der Waals surface area (Å²) in [5.74, 6) is -0.694. The number of methoxy groups -OCH3 is 1. The van der Waals surface area contributed by atoms with Crippen LogP contribution in [0.25, 0.3) is 0 Å². The quantitative estimate of drug-likeness (QED) is 0.812. The van der Waals surface area contributed by atoms with Gasteiger partial charge < -0.3 is 4.74 Å². The van der Waals surface area contributed by atoms with Gasteiger partial charge in [-0.2, -0.15) is 0 Å². The Hall–Kier alpha value is -2.33. The van der Waals surface area contributed by atoms with Crippen LogP contribution in [-0.4, -0.2) is 36.2 Å². The standard InChI is InChI=1S/C17H19FN2O5S2/c1-25-16-9-8-13(20-10-4-5-11-26(20,21)22)12-17(16)27(23,24)19-15-7-3-2-6-14(15)18/h2-3,6-9,12,19H,4-5,10-11H2,1H3. The lowest BCUT2D eigenvalue weighted by Crippen LogP contribution is -2.37. The van der Waals surface area contributed by atoms with Gasteiger partial charge in [0.2, 0.25) is 10.0 Å². The zero-order chi connectivity index (χ0) is 19.7. The maximum atomic E-state index is 13.8. The molecule has 1 aliphatic rings. The molecule has 10 heteroatoms. The largest absolute Gasteiger partial charge is 0.495 e. The molecule has 27 heavy (non-hydrogen) atoms. The van der Waals surface area contributed by atoms with E-state index in [0.717, 1.165) is 6.07 Å². The molecule has 1 aliphatic heterocycles. The van der Waals surface area contributed by atoms with E-state index in [-0.39, 0.29) is 34.3 Å². The van der Waals surface area contributed by atoms with E-state index in [9.17, 15) is 21.2 Å². The van der Waals surface area contributed by atoms with E-state index in [1.54, 1.807) is 0 Å². The van der Waals surface area contributed by atoms with Crippen LogP contribution in [0.2, 0.25) is 0 Å². The van der Waals surface area contributed by atoms with E-state index in [4.69, 9.17) is 4.74 Å².